The highest BCUT2D eigenvalue weighted by Gasteiger charge is 2.12. The molecule has 0 aromatic carbocycles. The second-order valence-corrected chi connectivity index (χ2v) is 3.68. The van der Waals surface area contributed by atoms with Gasteiger partial charge in [-0.3, -0.25) is 0 Å². The van der Waals surface area contributed by atoms with E-state index >= 15 is 0 Å². The molecule has 1 aliphatic carbocycles. The Labute approximate surface area is 75.8 Å². The van der Waals surface area contributed by atoms with E-state index in [4.69, 9.17) is 4.74 Å². The van der Waals surface area contributed by atoms with E-state index in [2.05, 4.69) is 6.58 Å². The van der Waals surface area contributed by atoms with Gasteiger partial charge in [-0.1, -0.05) is 38.7 Å². The van der Waals surface area contributed by atoms with Crippen LogP contribution in [0.3, 0.4) is 0 Å². The lowest BCUT2D eigenvalue weighted by molar-refractivity contribution is 0.224. The molecule has 0 aliphatic heterocycles. The molecule has 1 fully saturated rings. The SMILES string of the molecule is C=COCCCC1CCCCC1. The molecule has 1 nitrogen and oxygen atoms in total. The van der Waals surface area contributed by atoms with Crippen molar-refractivity contribution in [3.8, 4) is 0 Å². The third kappa shape index (κ3) is 3.80. The van der Waals surface area contributed by atoms with Gasteiger partial charge in [-0.05, 0) is 18.8 Å². The molecule has 0 bridgehead atoms. The van der Waals surface area contributed by atoms with Crippen LogP contribution in [0.1, 0.15) is 44.9 Å². The average Bonchev–Trinajstić information content (AvgIpc) is 2.14. The number of hydrogen-bond donors (Lipinski definition) is 0. The molecule has 0 amide bonds. The first-order valence-corrected chi connectivity index (χ1v) is 5.16. The highest BCUT2D eigenvalue weighted by Crippen LogP contribution is 2.27. The minimum absolute atomic E-state index is 0.861. The van der Waals surface area contributed by atoms with Crippen LogP contribution in [0.2, 0.25) is 0 Å². The molecule has 0 heterocycles. The lowest BCUT2D eigenvalue weighted by atomic mass is 9.86. The standard InChI is InChI=1S/C11H20O/c1-2-12-10-6-9-11-7-4-3-5-8-11/h2,11H,1,3-10H2. The third-order valence-corrected chi connectivity index (χ3v) is 2.72. The van der Waals surface area contributed by atoms with Crippen molar-refractivity contribution in [2.75, 3.05) is 6.61 Å². The molecule has 0 spiro atoms. The van der Waals surface area contributed by atoms with Crippen molar-refractivity contribution in [3.63, 3.8) is 0 Å². The lowest BCUT2D eigenvalue weighted by Gasteiger charge is -2.20. The Kier molecular flexibility index (Phi) is 4.89. The molecular weight excluding hydrogens is 148 g/mol. The molecule has 1 saturated carbocycles. The highest BCUT2D eigenvalue weighted by atomic mass is 16.5. The van der Waals surface area contributed by atoms with Gasteiger partial charge in [-0.25, -0.2) is 0 Å². The molecule has 70 valence electrons. The molecule has 1 heteroatoms. The number of ether oxygens (including phenoxy) is 1. The fourth-order valence-corrected chi connectivity index (χ4v) is 2.01. The van der Waals surface area contributed by atoms with Crippen molar-refractivity contribution >= 4 is 0 Å². The Morgan fingerprint density at radius 2 is 2.00 bits per heavy atom. The molecule has 0 aromatic heterocycles. The number of rotatable bonds is 5. The molecule has 0 unspecified atom stereocenters. The van der Waals surface area contributed by atoms with Gasteiger partial charge in [0.1, 0.15) is 0 Å². The normalized spacial score (nSPS) is 19.0. The minimum Gasteiger partial charge on any atom is -0.502 e. The molecule has 1 rings (SSSR count). The summed E-state index contributed by atoms with van der Waals surface area (Å²) in [6.07, 6.45) is 11.4. The first-order chi connectivity index (χ1) is 5.93. The van der Waals surface area contributed by atoms with E-state index in [9.17, 15) is 0 Å². The van der Waals surface area contributed by atoms with Gasteiger partial charge >= 0.3 is 0 Å². The molecular formula is C11H20O. The molecule has 0 aromatic rings. The Balaban J connectivity index is 1.94. The largest absolute Gasteiger partial charge is 0.502 e. The molecule has 0 saturated heterocycles. The van der Waals surface area contributed by atoms with Crippen LogP contribution in [0, 0.1) is 5.92 Å². The lowest BCUT2D eigenvalue weighted by Crippen LogP contribution is -2.06. The van der Waals surface area contributed by atoms with Crippen LogP contribution >= 0.6 is 0 Å². The van der Waals surface area contributed by atoms with Gasteiger partial charge in [0.05, 0.1) is 12.9 Å². The maximum absolute atomic E-state index is 5.09. The van der Waals surface area contributed by atoms with Crippen molar-refractivity contribution in [1.82, 2.24) is 0 Å². The summed E-state index contributed by atoms with van der Waals surface area (Å²) < 4.78 is 5.09. The second kappa shape index (κ2) is 6.10. The van der Waals surface area contributed by atoms with Crippen molar-refractivity contribution in [2.45, 2.75) is 44.9 Å². The summed E-state index contributed by atoms with van der Waals surface area (Å²) in [5.74, 6) is 0.993. The topological polar surface area (TPSA) is 9.23 Å². The molecule has 1 aliphatic rings. The monoisotopic (exact) mass is 168 g/mol. The Hall–Kier alpha value is -0.460. The van der Waals surface area contributed by atoms with Gasteiger partial charge in [0.2, 0.25) is 0 Å². The first-order valence-electron chi connectivity index (χ1n) is 5.16. The zero-order chi connectivity index (χ0) is 8.65. The van der Waals surface area contributed by atoms with Gasteiger partial charge in [0, 0.05) is 0 Å². The predicted octanol–water partition coefficient (Wildman–Crippen LogP) is 3.51. The van der Waals surface area contributed by atoms with Gasteiger partial charge in [-0.15, -0.1) is 0 Å². The molecule has 0 N–H and O–H groups in total. The second-order valence-electron chi connectivity index (χ2n) is 3.68. The number of hydrogen-bond acceptors (Lipinski definition) is 1. The zero-order valence-corrected chi connectivity index (χ0v) is 7.93. The maximum atomic E-state index is 5.09. The molecule has 12 heavy (non-hydrogen) atoms. The van der Waals surface area contributed by atoms with Gasteiger partial charge in [0.15, 0.2) is 0 Å². The summed E-state index contributed by atoms with van der Waals surface area (Å²) >= 11 is 0. The van der Waals surface area contributed by atoms with Crippen LogP contribution in [0.5, 0.6) is 0 Å². The summed E-state index contributed by atoms with van der Waals surface area (Å²) in [6, 6.07) is 0. The van der Waals surface area contributed by atoms with E-state index in [1.54, 1.807) is 6.26 Å². The summed E-state index contributed by atoms with van der Waals surface area (Å²) in [7, 11) is 0. The first kappa shape index (κ1) is 9.63. The van der Waals surface area contributed by atoms with Crippen molar-refractivity contribution in [2.24, 2.45) is 5.92 Å². The summed E-state index contributed by atoms with van der Waals surface area (Å²) in [5, 5.41) is 0. The quantitative estimate of drug-likeness (QED) is 0.451. The fourth-order valence-electron chi connectivity index (χ4n) is 2.01. The highest BCUT2D eigenvalue weighted by molar-refractivity contribution is 4.65. The Morgan fingerprint density at radius 3 is 2.67 bits per heavy atom. The van der Waals surface area contributed by atoms with Crippen LogP contribution in [-0.4, -0.2) is 6.61 Å². The van der Waals surface area contributed by atoms with E-state index in [1.165, 1.54) is 44.9 Å². The molecule has 0 atom stereocenters. The van der Waals surface area contributed by atoms with Crippen LogP contribution in [0.4, 0.5) is 0 Å². The average molecular weight is 168 g/mol. The van der Waals surface area contributed by atoms with Gasteiger partial charge < -0.3 is 4.74 Å². The van der Waals surface area contributed by atoms with E-state index in [0.717, 1.165) is 12.5 Å². The van der Waals surface area contributed by atoms with Gasteiger partial charge in [0.25, 0.3) is 0 Å². The predicted molar refractivity (Wildman–Crippen MR) is 52.0 cm³/mol. The summed E-state index contributed by atoms with van der Waals surface area (Å²) in [6.45, 7) is 4.38. The van der Waals surface area contributed by atoms with Crippen molar-refractivity contribution in [1.29, 1.82) is 0 Å². The van der Waals surface area contributed by atoms with E-state index < -0.39 is 0 Å². The van der Waals surface area contributed by atoms with Crippen molar-refractivity contribution < 1.29 is 4.74 Å². The summed E-state index contributed by atoms with van der Waals surface area (Å²) in [4.78, 5) is 0. The molecule has 0 radical (unpaired) electrons. The smallest absolute Gasteiger partial charge is 0.0873 e. The minimum atomic E-state index is 0.861. The van der Waals surface area contributed by atoms with E-state index in [0.29, 0.717) is 0 Å². The van der Waals surface area contributed by atoms with Gasteiger partial charge in [-0.2, -0.15) is 0 Å². The van der Waals surface area contributed by atoms with Crippen LogP contribution < -0.4 is 0 Å². The Morgan fingerprint density at radius 1 is 1.25 bits per heavy atom. The van der Waals surface area contributed by atoms with Crippen LogP contribution in [-0.2, 0) is 4.74 Å². The summed E-state index contributed by atoms with van der Waals surface area (Å²) in [5.41, 5.74) is 0. The van der Waals surface area contributed by atoms with E-state index in [-0.39, 0.29) is 0 Å². The maximum Gasteiger partial charge on any atom is 0.0873 e. The zero-order valence-electron chi connectivity index (χ0n) is 7.93. The Bertz CT molecular complexity index is 114. The third-order valence-electron chi connectivity index (χ3n) is 2.72. The van der Waals surface area contributed by atoms with Crippen LogP contribution in [0.25, 0.3) is 0 Å². The fraction of sp³-hybridized carbons (Fsp3) is 0.818. The van der Waals surface area contributed by atoms with Crippen LogP contribution in [0.15, 0.2) is 12.8 Å². The van der Waals surface area contributed by atoms with Crippen molar-refractivity contribution in [3.05, 3.63) is 12.8 Å². The van der Waals surface area contributed by atoms with E-state index in [1.807, 2.05) is 0 Å².